The molecular formula is C19H18N2O2. The molecule has 0 N–H and O–H groups in total. The SMILES string of the molecule is Cc1ccc(N(Cc2cccnc2)C(=O)c2ccco2)cc1C. The summed E-state index contributed by atoms with van der Waals surface area (Å²) in [5.74, 6) is 0.161. The number of benzene rings is 1. The Morgan fingerprint density at radius 1 is 1.13 bits per heavy atom. The first kappa shape index (κ1) is 15.0. The predicted molar refractivity (Wildman–Crippen MR) is 89.4 cm³/mol. The van der Waals surface area contributed by atoms with Gasteiger partial charge in [-0.15, -0.1) is 0 Å². The van der Waals surface area contributed by atoms with Crippen LogP contribution in [-0.2, 0) is 6.54 Å². The van der Waals surface area contributed by atoms with Crippen molar-refractivity contribution >= 4 is 11.6 Å². The zero-order chi connectivity index (χ0) is 16.2. The number of anilines is 1. The fourth-order valence-corrected chi connectivity index (χ4v) is 2.38. The van der Waals surface area contributed by atoms with E-state index in [1.54, 1.807) is 29.4 Å². The van der Waals surface area contributed by atoms with Gasteiger partial charge < -0.3 is 9.32 Å². The highest BCUT2D eigenvalue weighted by Crippen LogP contribution is 2.23. The molecule has 116 valence electrons. The lowest BCUT2D eigenvalue weighted by Crippen LogP contribution is -2.30. The number of furan rings is 1. The highest BCUT2D eigenvalue weighted by atomic mass is 16.3. The zero-order valence-electron chi connectivity index (χ0n) is 13.2. The summed E-state index contributed by atoms with van der Waals surface area (Å²) < 4.78 is 5.28. The van der Waals surface area contributed by atoms with Crippen LogP contribution in [0.5, 0.6) is 0 Å². The van der Waals surface area contributed by atoms with Gasteiger partial charge >= 0.3 is 0 Å². The van der Waals surface area contributed by atoms with Crippen molar-refractivity contribution in [3.8, 4) is 0 Å². The fourth-order valence-electron chi connectivity index (χ4n) is 2.38. The van der Waals surface area contributed by atoms with Gasteiger partial charge in [0.25, 0.3) is 5.91 Å². The number of aromatic nitrogens is 1. The van der Waals surface area contributed by atoms with Gasteiger partial charge in [-0.2, -0.15) is 0 Å². The minimum absolute atomic E-state index is 0.165. The molecule has 4 heteroatoms. The molecule has 23 heavy (non-hydrogen) atoms. The second-order valence-corrected chi connectivity index (χ2v) is 5.50. The number of pyridine rings is 1. The van der Waals surface area contributed by atoms with Crippen LogP contribution in [0.4, 0.5) is 5.69 Å². The summed E-state index contributed by atoms with van der Waals surface area (Å²) in [6.07, 6.45) is 5.00. The molecule has 2 heterocycles. The van der Waals surface area contributed by atoms with E-state index in [9.17, 15) is 4.79 Å². The van der Waals surface area contributed by atoms with Crippen molar-refractivity contribution in [3.63, 3.8) is 0 Å². The molecule has 0 spiro atoms. The van der Waals surface area contributed by atoms with E-state index >= 15 is 0 Å². The standard InChI is InChI=1S/C19H18N2O2/c1-14-7-8-17(11-15(14)2)21(13-16-5-3-9-20-12-16)19(22)18-6-4-10-23-18/h3-12H,13H2,1-2H3. The fraction of sp³-hybridized carbons (Fsp3) is 0.158. The van der Waals surface area contributed by atoms with Gasteiger partial charge in [0.1, 0.15) is 0 Å². The Morgan fingerprint density at radius 3 is 2.65 bits per heavy atom. The van der Waals surface area contributed by atoms with Crippen LogP contribution in [0, 0.1) is 13.8 Å². The molecule has 1 amide bonds. The number of carbonyl (C=O) groups excluding carboxylic acids is 1. The number of hydrogen-bond donors (Lipinski definition) is 0. The van der Waals surface area contributed by atoms with Gasteiger partial charge in [-0.1, -0.05) is 12.1 Å². The van der Waals surface area contributed by atoms with Gasteiger partial charge in [-0.05, 0) is 60.9 Å². The number of rotatable bonds is 4. The van der Waals surface area contributed by atoms with Gasteiger partial charge in [0.05, 0.1) is 12.8 Å². The number of carbonyl (C=O) groups is 1. The molecule has 0 unspecified atom stereocenters. The number of aryl methyl sites for hydroxylation is 2. The van der Waals surface area contributed by atoms with Crippen LogP contribution in [-0.4, -0.2) is 10.9 Å². The molecule has 0 saturated carbocycles. The Balaban J connectivity index is 1.98. The third-order valence-electron chi connectivity index (χ3n) is 3.84. The first-order chi connectivity index (χ1) is 11.1. The first-order valence-electron chi connectivity index (χ1n) is 7.46. The summed E-state index contributed by atoms with van der Waals surface area (Å²) in [5, 5.41) is 0. The summed E-state index contributed by atoms with van der Waals surface area (Å²) in [4.78, 5) is 18.7. The molecule has 0 atom stereocenters. The molecule has 0 radical (unpaired) electrons. The quantitative estimate of drug-likeness (QED) is 0.728. The number of nitrogens with zero attached hydrogens (tertiary/aromatic N) is 2. The van der Waals surface area contributed by atoms with Gasteiger partial charge in [0, 0.05) is 18.1 Å². The van der Waals surface area contributed by atoms with Crippen molar-refractivity contribution in [2.45, 2.75) is 20.4 Å². The minimum atomic E-state index is -0.165. The average Bonchev–Trinajstić information content (AvgIpc) is 3.10. The van der Waals surface area contributed by atoms with Crippen molar-refractivity contribution in [3.05, 3.63) is 83.6 Å². The van der Waals surface area contributed by atoms with Crippen LogP contribution in [0.15, 0.2) is 65.5 Å². The van der Waals surface area contributed by atoms with Gasteiger partial charge in [-0.3, -0.25) is 9.78 Å². The summed E-state index contributed by atoms with van der Waals surface area (Å²) >= 11 is 0. The Hall–Kier alpha value is -2.88. The van der Waals surface area contributed by atoms with Crippen molar-refractivity contribution in [1.29, 1.82) is 0 Å². The van der Waals surface area contributed by atoms with E-state index in [0.717, 1.165) is 16.8 Å². The Bertz CT molecular complexity index is 796. The second-order valence-electron chi connectivity index (χ2n) is 5.50. The topological polar surface area (TPSA) is 46.3 Å². The maximum absolute atomic E-state index is 12.8. The molecule has 2 aromatic heterocycles. The van der Waals surface area contributed by atoms with Crippen molar-refractivity contribution in [1.82, 2.24) is 4.98 Å². The van der Waals surface area contributed by atoms with E-state index in [4.69, 9.17) is 4.42 Å². The summed E-state index contributed by atoms with van der Waals surface area (Å²) in [6, 6.07) is 13.2. The van der Waals surface area contributed by atoms with Crippen molar-refractivity contribution in [2.75, 3.05) is 4.90 Å². The van der Waals surface area contributed by atoms with Gasteiger partial charge in [0.15, 0.2) is 5.76 Å². The van der Waals surface area contributed by atoms with Crippen LogP contribution >= 0.6 is 0 Å². The van der Waals surface area contributed by atoms with Gasteiger partial charge in [-0.25, -0.2) is 0 Å². The van der Waals surface area contributed by atoms with Gasteiger partial charge in [0.2, 0.25) is 0 Å². The average molecular weight is 306 g/mol. The molecule has 0 fully saturated rings. The van der Waals surface area contributed by atoms with E-state index in [1.807, 2.05) is 37.3 Å². The molecule has 4 nitrogen and oxygen atoms in total. The van der Waals surface area contributed by atoms with E-state index in [1.165, 1.54) is 11.8 Å². The maximum atomic E-state index is 12.8. The third kappa shape index (κ3) is 3.31. The van der Waals surface area contributed by atoms with Crippen molar-refractivity contribution < 1.29 is 9.21 Å². The van der Waals surface area contributed by atoms with Crippen LogP contribution in [0.3, 0.4) is 0 Å². The van der Waals surface area contributed by atoms with E-state index in [0.29, 0.717) is 12.3 Å². The van der Waals surface area contributed by atoms with Crippen LogP contribution in [0.2, 0.25) is 0 Å². The third-order valence-corrected chi connectivity index (χ3v) is 3.84. The van der Waals surface area contributed by atoms with Crippen molar-refractivity contribution in [2.24, 2.45) is 0 Å². The largest absolute Gasteiger partial charge is 0.459 e. The molecule has 0 saturated heterocycles. The minimum Gasteiger partial charge on any atom is -0.459 e. The molecule has 0 aliphatic carbocycles. The zero-order valence-corrected chi connectivity index (χ0v) is 13.2. The summed E-state index contributed by atoms with van der Waals surface area (Å²) in [7, 11) is 0. The monoisotopic (exact) mass is 306 g/mol. The van der Waals surface area contributed by atoms with Crippen LogP contribution < -0.4 is 4.90 Å². The van der Waals surface area contributed by atoms with E-state index in [2.05, 4.69) is 11.9 Å². The second kappa shape index (κ2) is 6.48. The summed E-state index contributed by atoms with van der Waals surface area (Å²) in [6.45, 7) is 4.53. The molecule has 3 rings (SSSR count). The Labute approximate surface area is 135 Å². The van der Waals surface area contributed by atoms with Crippen LogP contribution in [0.1, 0.15) is 27.2 Å². The number of hydrogen-bond acceptors (Lipinski definition) is 3. The first-order valence-corrected chi connectivity index (χ1v) is 7.46. The number of amides is 1. The molecule has 1 aromatic carbocycles. The Kier molecular flexibility index (Phi) is 4.24. The molecular weight excluding hydrogens is 288 g/mol. The smallest absolute Gasteiger partial charge is 0.294 e. The Morgan fingerprint density at radius 2 is 2.00 bits per heavy atom. The molecule has 3 aromatic rings. The molecule has 0 aliphatic rings. The highest BCUT2D eigenvalue weighted by molar-refractivity contribution is 6.04. The maximum Gasteiger partial charge on any atom is 0.294 e. The molecule has 0 aliphatic heterocycles. The lowest BCUT2D eigenvalue weighted by Gasteiger charge is -2.22. The predicted octanol–water partition coefficient (Wildman–Crippen LogP) is 4.14. The molecule has 0 bridgehead atoms. The highest BCUT2D eigenvalue weighted by Gasteiger charge is 2.20. The van der Waals surface area contributed by atoms with E-state index < -0.39 is 0 Å². The normalized spacial score (nSPS) is 10.5. The lowest BCUT2D eigenvalue weighted by atomic mass is 10.1. The lowest BCUT2D eigenvalue weighted by molar-refractivity contribution is 0.0958. The van der Waals surface area contributed by atoms with E-state index in [-0.39, 0.29) is 5.91 Å². The summed E-state index contributed by atoms with van der Waals surface area (Å²) in [5.41, 5.74) is 4.15. The van der Waals surface area contributed by atoms with Crippen LogP contribution in [0.25, 0.3) is 0 Å².